The van der Waals surface area contributed by atoms with Crippen LogP contribution >= 0.6 is 23.2 Å². The zero-order valence-electron chi connectivity index (χ0n) is 7.31. The van der Waals surface area contributed by atoms with E-state index in [1.807, 2.05) is 6.92 Å². The van der Waals surface area contributed by atoms with Gasteiger partial charge in [-0.05, 0) is 11.6 Å². The van der Waals surface area contributed by atoms with E-state index in [9.17, 15) is 4.79 Å². The summed E-state index contributed by atoms with van der Waals surface area (Å²) < 4.78 is 0. The molecular formula is C10H10Cl2O. The Hall–Kier alpha value is -0.530. The standard InChI is InChI=1S/C10H10Cl2O/c1-2-10(13)7-4-3-5-9(12)8(7)6-11/h3-5H,2,6H2,1H3. The second-order valence-electron chi connectivity index (χ2n) is 2.68. The fourth-order valence-corrected chi connectivity index (χ4v) is 1.74. The molecule has 0 unspecified atom stereocenters. The van der Waals surface area contributed by atoms with Crippen LogP contribution in [0.3, 0.4) is 0 Å². The molecular weight excluding hydrogens is 207 g/mol. The lowest BCUT2D eigenvalue weighted by molar-refractivity contribution is 0.0987. The van der Waals surface area contributed by atoms with Crippen LogP contribution in [0.5, 0.6) is 0 Å². The number of carbonyl (C=O) groups excluding carboxylic acids is 1. The molecule has 0 atom stereocenters. The molecule has 1 rings (SSSR count). The second kappa shape index (κ2) is 4.64. The number of hydrogen-bond acceptors (Lipinski definition) is 1. The van der Waals surface area contributed by atoms with E-state index in [2.05, 4.69) is 0 Å². The highest BCUT2D eigenvalue weighted by Gasteiger charge is 2.10. The number of Topliss-reactive ketones (excluding diaryl/α,β-unsaturated/α-hetero) is 1. The van der Waals surface area contributed by atoms with Gasteiger partial charge in [-0.2, -0.15) is 0 Å². The molecule has 0 heterocycles. The quantitative estimate of drug-likeness (QED) is 0.557. The maximum absolute atomic E-state index is 11.4. The van der Waals surface area contributed by atoms with Gasteiger partial charge in [0.1, 0.15) is 0 Å². The SMILES string of the molecule is CCC(=O)c1cccc(Cl)c1CCl. The number of carbonyl (C=O) groups is 1. The minimum absolute atomic E-state index is 0.0816. The molecule has 0 aromatic heterocycles. The van der Waals surface area contributed by atoms with Crippen molar-refractivity contribution in [2.75, 3.05) is 0 Å². The Labute approximate surface area is 87.7 Å². The molecule has 0 fully saturated rings. The van der Waals surface area contributed by atoms with Gasteiger partial charge in [0, 0.05) is 22.9 Å². The minimum Gasteiger partial charge on any atom is -0.294 e. The highest BCUT2D eigenvalue weighted by Crippen LogP contribution is 2.22. The summed E-state index contributed by atoms with van der Waals surface area (Å²) in [5, 5.41) is 0.564. The highest BCUT2D eigenvalue weighted by molar-refractivity contribution is 6.33. The molecule has 3 heteroatoms. The van der Waals surface area contributed by atoms with E-state index >= 15 is 0 Å². The Morgan fingerprint density at radius 2 is 2.15 bits per heavy atom. The van der Waals surface area contributed by atoms with Crippen molar-refractivity contribution >= 4 is 29.0 Å². The predicted molar refractivity (Wildman–Crippen MR) is 55.6 cm³/mol. The van der Waals surface area contributed by atoms with Gasteiger partial charge < -0.3 is 0 Å². The summed E-state index contributed by atoms with van der Waals surface area (Å²) in [6, 6.07) is 5.27. The van der Waals surface area contributed by atoms with Crippen molar-refractivity contribution in [1.82, 2.24) is 0 Å². The monoisotopic (exact) mass is 216 g/mol. The van der Waals surface area contributed by atoms with Crippen molar-refractivity contribution in [2.45, 2.75) is 19.2 Å². The summed E-state index contributed by atoms with van der Waals surface area (Å²) in [7, 11) is 0. The van der Waals surface area contributed by atoms with Crippen molar-refractivity contribution in [3.63, 3.8) is 0 Å². The lowest BCUT2D eigenvalue weighted by Gasteiger charge is -2.06. The summed E-state index contributed by atoms with van der Waals surface area (Å²) in [6.07, 6.45) is 0.476. The van der Waals surface area contributed by atoms with Gasteiger partial charge in [-0.1, -0.05) is 30.7 Å². The number of benzene rings is 1. The Bertz CT molecular complexity index is 321. The molecule has 0 radical (unpaired) electrons. The van der Waals surface area contributed by atoms with E-state index in [0.717, 1.165) is 5.56 Å². The smallest absolute Gasteiger partial charge is 0.162 e. The number of alkyl halides is 1. The van der Waals surface area contributed by atoms with Crippen molar-refractivity contribution in [3.05, 3.63) is 34.3 Å². The molecule has 0 bridgehead atoms. The van der Waals surface area contributed by atoms with Crippen LogP contribution in [0.2, 0.25) is 5.02 Å². The van der Waals surface area contributed by atoms with Gasteiger partial charge in [0.2, 0.25) is 0 Å². The molecule has 0 saturated carbocycles. The van der Waals surface area contributed by atoms with Gasteiger partial charge in [-0.3, -0.25) is 4.79 Å². The third-order valence-electron chi connectivity index (χ3n) is 1.87. The molecule has 1 aromatic rings. The van der Waals surface area contributed by atoms with Crippen molar-refractivity contribution in [1.29, 1.82) is 0 Å². The zero-order chi connectivity index (χ0) is 9.84. The van der Waals surface area contributed by atoms with Crippen LogP contribution in [0, 0.1) is 0 Å². The van der Waals surface area contributed by atoms with Crippen LogP contribution in [-0.2, 0) is 5.88 Å². The first kappa shape index (κ1) is 10.6. The van der Waals surface area contributed by atoms with Crippen molar-refractivity contribution < 1.29 is 4.79 Å². The summed E-state index contributed by atoms with van der Waals surface area (Å²) >= 11 is 11.6. The molecule has 0 aliphatic rings. The first-order chi connectivity index (χ1) is 6.20. The summed E-state index contributed by atoms with van der Waals surface area (Å²) in [5.41, 5.74) is 1.38. The average Bonchev–Trinajstić information content (AvgIpc) is 2.16. The maximum Gasteiger partial charge on any atom is 0.162 e. The van der Waals surface area contributed by atoms with Crippen molar-refractivity contribution in [2.24, 2.45) is 0 Å². The molecule has 1 aromatic carbocycles. The van der Waals surface area contributed by atoms with Gasteiger partial charge in [-0.25, -0.2) is 0 Å². The number of hydrogen-bond donors (Lipinski definition) is 0. The fourth-order valence-electron chi connectivity index (χ4n) is 1.15. The van der Waals surface area contributed by atoms with Crippen LogP contribution in [0.1, 0.15) is 29.3 Å². The summed E-state index contributed by atoms with van der Waals surface area (Å²) in [6.45, 7) is 1.82. The van der Waals surface area contributed by atoms with Gasteiger partial charge >= 0.3 is 0 Å². The summed E-state index contributed by atoms with van der Waals surface area (Å²) in [5.74, 6) is 0.360. The van der Waals surface area contributed by atoms with E-state index < -0.39 is 0 Å². The highest BCUT2D eigenvalue weighted by atomic mass is 35.5. The fraction of sp³-hybridized carbons (Fsp3) is 0.300. The van der Waals surface area contributed by atoms with Crippen LogP contribution in [0.15, 0.2) is 18.2 Å². The number of ketones is 1. The van der Waals surface area contributed by atoms with E-state index in [-0.39, 0.29) is 11.7 Å². The van der Waals surface area contributed by atoms with E-state index in [1.54, 1.807) is 18.2 Å². The van der Waals surface area contributed by atoms with E-state index in [1.165, 1.54) is 0 Å². The third-order valence-corrected chi connectivity index (χ3v) is 2.50. The van der Waals surface area contributed by atoms with Gasteiger partial charge in [-0.15, -0.1) is 11.6 Å². The molecule has 0 aliphatic carbocycles. The molecule has 0 spiro atoms. The predicted octanol–water partition coefficient (Wildman–Crippen LogP) is 3.67. The largest absolute Gasteiger partial charge is 0.294 e. The number of rotatable bonds is 3. The van der Waals surface area contributed by atoms with Gasteiger partial charge in [0.05, 0.1) is 0 Å². The minimum atomic E-state index is 0.0816. The molecule has 0 amide bonds. The van der Waals surface area contributed by atoms with Crippen LogP contribution < -0.4 is 0 Å². The van der Waals surface area contributed by atoms with Crippen LogP contribution in [0.4, 0.5) is 0 Å². The second-order valence-corrected chi connectivity index (χ2v) is 3.35. The van der Waals surface area contributed by atoms with Gasteiger partial charge in [0.25, 0.3) is 0 Å². The molecule has 1 nitrogen and oxygen atoms in total. The topological polar surface area (TPSA) is 17.1 Å². The first-order valence-corrected chi connectivity index (χ1v) is 4.98. The third kappa shape index (κ3) is 2.23. The molecule has 0 saturated heterocycles. The maximum atomic E-state index is 11.4. The molecule has 0 aliphatic heterocycles. The van der Waals surface area contributed by atoms with E-state index in [4.69, 9.17) is 23.2 Å². The molecule has 0 N–H and O–H groups in total. The lowest BCUT2D eigenvalue weighted by Crippen LogP contribution is -2.01. The molecule has 13 heavy (non-hydrogen) atoms. The van der Waals surface area contributed by atoms with Gasteiger partial charge in [0.15, 0.2) is 5.78 Å². The Morgan fingerprint density at radius 3 is 2.69 bits per heavy atom. The Balaban J connectivity index is 3.20. The number of halogens is 2. The molecule has 70 valence electrons. The van der Waals surface area contributed by atoms with Crippen LogP contribution in [0.25, 0.3) is 0 Å². The first-order valence-electron chi connectivity index (χ1n) is 4.07. The normalized spacial score (nSPS) is 10.1. The summed E-state index contributed by atoms with van der Waals surface area (Å²) in [4.78, 5) is 11.4. The average molecular weight is 217 g/mol. The van der Waals surface area contributed by atoms with Crippen LogP contribution in [-0.4, -0.2) is 5.78 Å². The Kier molecular flexibility index (Phi) is 3.76. The van der Waals surface area contributed by atoms with Crippen molar-refractivity contribution in [3.8, 4) is 0 Å². The zero-order valence-corrected chi connectivity index (χ0v) is 8.82. The Morgan fingerprint density at radius 1 is 1.46 bits per heavy atom. The van der Waals surface area contributed by atoms with E-state index in [0.29, 0.717) is 17.0 Å². The lowest BCUT2D eigenvalue weighted by atomic mass is 10.0.